The minimum atomic E-state index is -0.611. The average molecular weight is 435 g/mol. The van der Waals surface area contributed by atoms with E-state index in [-0.39, 0.29) is 17.5 Å². The zero-order chi connectivity index (χ0) is 22.5. The van der Waals surface area contributed by atoms with Crippen molar-refractivity contribution in [3.05, 3.63) is 66.0 Å². The van der Waals surface area contributed by atoms with E-state index in [4.69, 9.17) is 4.74 Å². The number of aromatic nitrogens is 3. The number of anilines is 2. The van der Waals surface area contributed by atoms with E-state index in [9.17, 15) is 14.4 Å². The van der Waals surface area contributed by atoms with Crippen LogP contribution in [0.25, 0.3) is 5.69 Å². The van der Waals surface area contributed by atoms with Gasteiger partial charge in [0.2, 0.25) is 0 Å². The van der Waals surface area contributed by atoms with E-state index in [1.807, 2.05) is 0 Å². The van der Waals surface area contributed by atoms with Crippen LogP contribution in [0, 0.1) is 0 Å². The highest BCUT2D eigenvalue weighted by molar-refractivity contribution is 6.06. The molecule has 1 aliphatic heterocycles. The summed E-state index contributed by atoms with van der Waals surface area (Å²) in [5.74, 6) is -1.21. The maximum absolute atomic E-state index is 12.9. The van der Waals surface area contributed by atoms with Crippen LogP contribution in [-0.2, 0) is 14.3 Å². The lowest BCUT2D eigenvalue weighted by Crippen LogP contribution is -2.27. The zero-order valence-electron chi connectivity index (χ0n) is 17.3. The summed E-state index contributed by atoms with van der Waals surface area (Å²) in [5.41, 5.74) is 1.89. The van der Waals surface area contributed by atoms with Crippen LogP contribution >= 0.6 is 0 Å². The smallest absolute Gasteiger partial charge is 0.360 e. The number of para-hydroxylation sites is 2. The number of hydrogen-bond donors (Lipinski definition) is 2. The van der Waals surface area contributed by atoms with Gasteiger partial charge in [0, 0.05) is 17.9 Å². The zero-order valence-corrected chi connectivity index (χ0v) is 17.3. The second kappa shape index (κ2) is 9.40. The SMILES string of the molecule is COC(=O)c1cn(-c2ccccc2NC(=O)c2cccc(NC(=O)[C@@H]3CCCO3)c2)nn1. The van der Waals surface area contributed by atoms with Crippen LogP contribution in [0.4, 0.5) is 11.4 Å². The number of rotatable bonds is 6. The van der Waals surface area contributed by atoms with Crippen LogP contribution in [0.15, 0.2) is 54.7 Å². The molecule has 0 bridgehead atoms. The van der Waals surface area contributed by atoms with Crippen molar-refractivity contribution in [3.63, 3.8) is 0 Å². The molecule has 1 saturated heterocycles. The Morgan fingerprint density at radius 1 is 1.12 bits per heavy atom. The Morgan fingerprint density at radius 2 is 1.97 bits per heavy atom. The Bertz CT molecular complexity index is 1150. The van der Waals surface area contributed by atoms with E-state index in [0.29, 0.717) is 35.7 Å². The largest absolute Gasteiger partial charge is 0.464 e. The van der Waals surface area contributed by atoms with Crippen LogP contribution in [0.2, 0.25) is 0 Å². The van der Waals surface area contributed by atoms with Crippen molar-refractivity contribution in [3.8, 4) is 5.69 Å². The average Bonchev–Trinajstić information content (AvgIpc) is 3.52. The Hall–Kier alpha value is -4.05. The molecule has 3 aromatic rings. The topological polar surface area (TPSA) is 124 Å². The lowest BCUT2D eigenvalue weighted by molar-refractivity contribution is -0.124. The first-order chi connectivity index (χ1) is 15.5. The molecule has 32 heavy (non-hydrogen) atoms. The van der Waals surface area contributed by atoms with Crippen LogP contribution in [-0.4, -0.2) is 52.6 Å². The molecule has 2 amide bonds. The summed E-state index contributed by atoms with van der Waals surface area (Å²) in [6, 6.07) is 13.6. The number of nitrogens with zero attached hydrogens (tertiary/aromatic N) is 3. The molecule has 164 valence electrons. The first kappa shape index (κ1) is 21.2. The van der Waals surface area contributed by atoms with Gasteiger partial charge in [0.1, 0.15) is 6.10 Å². The molecule has 1 fully saturated rings. The predicted octanol–water partition coefficient (Wildman–Crippen LogP) is 2.42. The fourth-order valence-corrected chi connectivity index (χ4v) is 3.30. The third-order valence-electron chi connectivity index (χ3n) is 4.90. The number of hydrogen-bond acceptors (Lipinski definition) is 7. The van der Waals surface area contributed by atoms with Crippen molar-refractivity contribution in [2.24, 2.45) is 0 Å². The number of esters is 1. The Kier molecular flexibility index (Phi) is 6.22. The lowest BCUT2D eigenvalue weighted by Gasteiger charge is -2.13. The molecule has 1 aromatic heterocycles. The summed E-state index contributed by atoms with van der Waals surface area (Å²) in [6.45, 7) is 0.576. The molecule has 10 nitrogen and oxygen atoms in total. The van der Waals surface area contributed by atoms with Crippen LogP contribution in [0.3, 0.4) is 0 Å². The molecule has 2 N–H and O–H groups in total. The van der Waals surface area contributed by atoms with Crippen LogP contribution < -0.4 is 10.6 Å². The van der Waals surface area contributed by atoms with Gasteiger partial charge in [-0.15, -0.1) is 5.10 Å². The Labute approximate surface area is 183 Å². The molecule has 0 spiro atoms. The van der Waals surface area contributed by atoms with Crippen molar-refractivity contribution < 1.29 is 23.9 Å². The fraction of sp³-hybridized carbons (Fsp3) is 0.227. The number of benzene rings is 2. The van der Waals surface area contributed by atoms with Crippen molar-refractivity contribution in [1.29, 1.82) is 0 Å². The Balaban J connectivity index is 1.50. The minimum absolute atomic E-state index is 0.0447. The number of ether oxygens (including phenoxy) is 2. The predicted molar refractivity (Wildman–Crippen MR) is 115 cm³/mol. The summed E-state index contributed by atoms with van der Waals surface area (Å²) < 4.78 is 11.4. The van der Waals surface area contributed by atoms with Gasteiger partial charge in [-0.25, -0.2) is 9.48 Å². The van der Waals surface area contributed by atoms with E-state index in [0.717, 1.165) is 6.42 Å². The maximum atomic E-state index is 12.9. The van der Waals surface area contributed by atoms with Crippen LogP contribution in [0.1, 0.15) is 33.7 Å². The summed E-state index contributed by atoms with van der Waals surface area (Å²) in [6.07, 6.45) is 2.49. The van der Waals surface area contributed by atoms with E-state index < -0.39 is 12.1 Å². The molecule has 1 aliphatic rings. The number of carbonyl (C=O) groups excluding carboxylic acids is 3. The van der Waals surface area contributed by atoms with Crippen molar-refractivity contribution in [1.82, 2.24) is 15.0 Å². The molecule has 2 heterocycles. The van der Waals surface area contributed by atoms with Crippen molar-refractivity contribution in [2.45, 2.75) is 18.9 Å². The number of carbonyl (C=O) groups is 3. The minimum Gasteiger partial charge on any atom is -0.464 e. The molecule has 2 aromatic carbocycles. The van der Waals surface area contributed by atoms with Gasteiger partial charge < -0.3 is 20.1 Å². The van der Waals surface area contributed by atoms with Crippen molar-refractivity contribution >= 4 is 29.2 Å². The van der Waals surface area contributed by atoms with E-state index >= 15 is 0 Å². The van der Waals surface area contributed by atoms with Gasteiger partial charge in [0.15, 0.2) is 5.69 Å². The third kappa shape index (κ3) is 4.65. The molecule has 0 saturated carbocycles. The number of amides is 2. The molecule has 1 atom stereocenters. The highest BCUT2D eigenvalue weighted by Gasteiger charge is 2.23. The maximum Gasteiger partial charge on any atom is 0.360 e. The summed E-state index contributed by atoms with van der Waals surface area (Å²) >= 11 is 0. The van der Waals surface area contributed by atoms with E-state index in [1.54, 1.807) is 48.5 Å². The van der Waals surface area contributed by atoms with Gasteiger partial charge in [-0.1, -0.05) is 23.4 Å². The summed E-state index contributed by atoms with van der Waals surface area (Å²) in [7, 11) is 1.26. The van der Waals surface area contributed by atoms with E-state index in [2.05, 4.69) is 25.7 Å². The second-order valence-electron chi connectivity index (χ2n) is 7.08. The quantitative estimate of drug-likeness (QED) is 0.570. The monoisotopic (exact) mass is 435 g/mol. The summed E-state index contributed by atoms with van der Waals surface area (Å²) in [5, 5.41) is 13.3. The van der Waals surface area contributed by atoms with Crippen LogP contribution in [0.5, 0.6) is 0 Å². The second-order valence-corrected chi connectivity index (χ2v) is 7.08. The van der Waals surface area contributed by atoms with Crippen molar-refractivity contribution in [2.75, 3.05) is 24.4 Å². The molecule has 0 radical (unpaired) electrons. The molecule has 0 aliphatic carbocycles. The van der Waals surface area contributed by atoms with Gasteiger partial charge in [0.05, 0.1) is 24.7 Å². The molecule has 0 unspecified atom stereocenters. The molecular formula is C22H21N5O5. The van der Waals surface area contributed by atoms with E-state index in [1.165, 1.54) is 18.0 Å². The molecular weight excluding hydrogens is 414 g/mol. The third-order valence-corrected chi connectivity index (χ3v) is 4.90. The fourth-order valence-electron chi connectivity index (χ4n) is 3.30. The first-order valence-electron chi connectivity index (χ1n) is 9.99. The highest BCUT2D eigenvalue weighted by atomic mass is 16.5. The standard InChI is InChI=1S/C22H21N5O5/c1-31-22(30)17-13-27(26-25-17)18-9-3-2-8-16(18)24-20(28)14-6-4-7-15(12-14)23-21(29)19-10-5-11-32-19/h2-4,6-9,12-13,19H,5,10-11H2,1H3,(H,23,29)(H,24,28)/t19-/m0/s1. The lowest BCUT2D eigenvalue weighted by atomic mass is 10.1. The van der Waals surface area contributed by atoms with Gasteiger partial charge in [0.25, 0.3) is 11.8 Å². The molecule has 4 rings (SSSR count). The van der Waals surface area contributed by atoms with Gasteiger partial charge in [-0.05, 0) is 43.2 Å². The highest BCUT2D eigenvalue weighted by Crippen LogP contribution is 2.21. The number of methoxy groups -OCH3 is 1. The normalized spacial score (nSPS) is 15.2. The van der Waals surface area contributed by atoms with Gasteiger partial charge in [-0.3, -0.25) is 9.59 Å². The summed E-state index contributed by atoms with van der Waals surface area (Å²) in [4.78, 5) is 36.8. The van der Waals surface area contributed by atoms with Gasteiger partial charge >= 0.3 is 5.97 Å². The number of nitrogens with one attached hydrogen (secondary N) is 2. The molecule has 10 heteroatoms. The van der Waals surface area contributed by atoms with Gasteiger partial charge in [-0.2, -0.15) is 0 Å². The Morgan fingerprint density at radius 3 is 2.75 bits per heavy atom. The first-order valence-corrected chi connectivity index (χ1v) is 9.99.